The average molecular weight is 498 g/mol. The highest BCUT2D eigenvalue weighted by Crippen LogP contribution is 2.42. The van der Waals surface area contributed by atoms with Gasteiger partial charge in [-0.1, -0.05) is 12.1 Å². The van der Waals surface area contributed by atoms with Crippen molar-refractivity contribution in [2.75, 3.05) is 30.3 Å². The molecule has 1 fully saturated rings. The molecule has 1 N–H and O–H groups in total. The largest absolute Gasteiger partial charge is 0.470 e. The number of nitrogens with zero attached hydrogens (tertiary/aromatic N) is 4. The van der Waals surface area contributed by atoms with Crippen LogP contribution in [0, 0.1) is 5.82 Å². The summed E-state index contributed by atoms with van der Waals surface area (Å²) in [6.45, 7) is 0.291. The number of hydrogen-bond acceptors (Lipinski definition) is 5. The first-order chi connectivity index (χ1) is 16.0. The minimum absolute atomic E-state index is 0.00517. The summed E-state index contributed by atoms with van der Waals surface area (Å²) in [6, 6.07) is 11.1. The molecule has 8 nitrogen and oxygen atoms in total. The molecular weight excluding hydrogens is 479 g/mol. The van der Waals surface area contributed by atoms with Crippen LogP contribution < -0.4 is 4.90 Å². The molecule has 3 aromatic rings. The highest BCUT2D eigenvalue weighted by molar-refractivity contribution is 7.58. The second kappa shape index (κ2) is 9.19. The number of aromatic nitrogens is 2. The van der Waals surface area contributed by atoms with E-state index in [4.69, 9.17) is 0 Å². The molecule has 4 rings (SSSR count). The van der Waals surface area contributed by atoms with Gasteiger partial charge in [-0.15, -0.1) is 10.2 Å². The van der Waals surface area contributed by atoms with Crippen molar-refractivity contribution in [3.63, 3.8) is 0 Å². The van der Waals surface area contributed by atoms with Crippen LogP contribution in [0.4, 0.5) is 28.0 Å². The Morgan fingerprint density at radius 1 is 1.06 bits per heavy atom. The molecule has 34 heavy (non-hydrogen) atoms. The van der Waals surface area contributed by atoms with Gasteiger partial charge in [-0.05, 0) is 42.0 Å². The maximum absolute atomic E-state index is 13.4. The summed E-state index contributed by atoms with van der Waals surface area (Å²) in [5, 5.41) is 6.41. The molecule has 0 saturated carbocycles. The number of urea groups is 1. The van der Waals surface area contributed by atoms with Crippen LogP contribution in [0.5, 0.6) is 0 Å². The molecule has 0 bridgehead atoms. The van der Waals surface area contributed by atoms with Gasteiger partial charge in [0.25, 0.3) is 0 Å². The van der Waals surface area contributed by atoms with Crippen molar-refractivity contribution in [2.45, 2.75) is 12.7 Å². The summed E-state index contributed by atoms with van der Waals surface area (Å²) in [5.74, 6) is -2.22. The number of benzene rings is 2. The average Bonchev–Trinajstić information content (AvgIpc) is 3.29. The molecule has 2 heterocycles. The Hall–Kier alpha value is -3.24. The SMILES string of the molecule is O=C(N1CCP(=O)(O)CC1)N(Cc1ccc(-c2nnc(C(F)(F)F)o2)cc1)c1ccc(F)cc1. The summed E-state index contributed by atoms with van der Waals surface area (Å²) >= 11 is 0. The first-order valence-corrected chi connectivity index (χ1v) is 12.2. The van der Waals surface area contributed by atoms with Crippen LogP contribution >= 0.6 is 7.37 Å². The third-order valence-electron chi connectivity index (χ3n) is 5.29. The number of rotatable bonds is 4. The van der Waals surface area contributed by atoms with Crippen LogP contribution in [0.3, 0.4) is 0 Å². The third kappa shape index (κ3) is 5.45. The van der Waals surface area contributed by atoms with Crippen LogP contribution in [0.1, 0.15) is 11.5 Å². The summed E-state index contributed by atoms with van der Waals surface area (Å²) in [4.78, 5) is 25.8. The van der Waals surface area contributed by atoms with Gasteiger partial charge in [0.05, 0.1) is 6.54 Å². The third-order valence-corrected chi connectivity index (χ3v) is 7.09. The van der Waals surface area contributed by atoms with E-state index in [1.807, 2.05) is 0 Å². The molecular formula is C21H19F4N4O4P. The van der Waals surface area contributed by atoms with E-state index in [-0.39, 0.29) is 43.4 Å². The number of carbonyl (C=O) groups is 1. The van der Waals surface area contributed by atoms with E-state index in [2.05, 4.69) is 14.6 Å². The van der Waals surface area contributed by atoms with Crippen molar-refractivity contribution >= 4 is 19.1 Å². The van der Waals surface area contributed by atoms with Gasteiger partial charge >= 0.3 is 18.1 Å². The summed E-state index contributed by atoms with van der Waals surface area (Å²) in [7, 11) is -3.23. The van der Waals surface area contributed by atoms with Crippen molar-refractivity contribution in [2.24, 2.45) is 0 Å². The van der Waals surface area contributed by atoms with Gasteiger partial charge in [0.15, 0.2) is 0 Å². The van der Waals surface area contributed by atoms with Crippen molar-refractivity contribution in [1.29, 1.82) is 0 Å². The zero-order chi connectivity index (χ0) is 24.5. The lowest BCUT2D eigenvalue weighted by molar-refractivity contribution is -0.156. The highest BCUT2D eigenvalue weighted by Gasteiger charge is 2.38. The Morgan fingerprint density at radius 3 is 2.24 bits per heavy atom. The van der Waals surface area contributed by atoms with Gasteiger partial charge in [-0.25, -0.2) is 9.18 Å². The van der Waals surface area contributed by atoms with Gasteiger partial charge in [0.2, 0.25) is 13.3 Å². The first kappa shape index (κ1) is 23.9. The topological polar surface area (TPSA) is 99.8 Å². The van der Waals surface area contributed by atoms with Gasteiger partial charge in [-0.2, -0.15) is 13.2 Å². The second-order valence-electron chi connectivity index (χ2n) is 7.73. The molecule has 0 radical (unpaired) electrons. The molecule has 0 atom stereocenters. The Balaban J connectivity index is 1.55. The Morgan fingerprint density at radius 2 is 1.68 bits per heavy atom. The molecule has 1 saturated heterocycles. The Kier molecular flexibility index (Phi) is 6.46. The number of hydrogen-bond donors (Lipinski definition) is 1. The standard InChI is InChI=1S/C21H19F4N4O4P/c22-16-5-7-17(8-6-16)29(20(30)28-9-11-34(31,32)12-10-28)13-14-1-3-15(4-2-14)18-26-27-19(33-18)21(23,24)25/h1-8H,9-13H2,(H,31,32). The number of amides is 2. The second-order valence-corrected chi connectivity index (χ2v) is 10.3. The first-order valence-electron chi connectivity index (χ1n) is 10.1. The van der Waals surface area contributed by atoms with Crippen molar-refractivity contribution in [3.8, 4) is 11.5 Å². The lowest BCUT2D eigenvalue weighted by atomic mass is 10.1. The van der Waals surface area contributed by atoms with Gasteiger partial charge in [-0.3, -0.25) is 9.46 Å². The Bertz CT molecular complexity index is 1200. The lowest BCUT2D eigenvalue weighted by Gasteiger charge is -2.34. The van der Waals surface area contributed by atoms with Crippen molar-refractivity contribution in [3.05, 3.63) is 65.8 Å². The normalized spacial score (nSPS) is 15.9. The molecule has 2 aromatic carbocycles. The maximum atomic E-state index is 13.4. The van der Waals surface area contributed by atoms with Gasteiger partial charge in [0, 0.05) is 36.7 Å². The summed E-state index contributed by atoms with van der Waals surface area (Å²) in [6.07, 6.45) is -4.76. The Labute approximate surface area is 191 Å². The molecule has 1 aromatic heterocycles. The minimum atomic E-state index is -4.75. The molecule has 2 amide bonds. The molecule has 0 aliphatic carbocycles. The predicted molar refractivity (Wildman–Crippen MR) is 114 cm³/mol. The number of halogens is 4. The fourth-order valence-electron chi connectivity index (χ4n) is 3.42. The zero-order valence-electron chi connectivity index (χ0n) is 17.6. The number of alkyl halides is 3. The fourth-order valence-corrected chi connectivity index (χ4v) is 4.75. The zero-order valence-corrected chi connectivity index (χ0v) is 18.5. The number of carbonyl (C=O) groups excluding carboxylic acids is 1. The van der Waals surface area contributed by atoms with E-state index < -0.39 is 31.3 Å². The van der Waals surface area contributed by atoms with Crippen LogP contribution in [-0.2, 0) is 17.3 Å². The van der Waals surface area contributed by atoms with Crippen LogP contribution in [-0.4, -0.2) is 51.4 Å². The maximum Gasteiger partial charge on any atom is 0.470 e. The van der Waals surface area contributed by atoms with E-state index >= 15 is 0 Å². The van der Waals surface area contributed by atoms with E-state index in [1.54, 1.807) is 12.1 Å². The van der Waals surface area contributed by atoms with Crippen molar-refractivity contribution in [1.82, 2.24) is 15.1 Å². The van der Waals surface area contributed by atoms with Gasteiger partial charge in [0.1, 0.15) is 5.82 Å². The molecule has 13 heteroatoms. The van der Waals surface area contributed by atoms with E-state index in [9.17, 15) is 31.8 Å². The lowest BCUT2D eigenvalue weighted by Crippen LogP contribution is -2.47. The molecule has 1 aliphatic heterocycles. The monoisotopic (exact) mass is 498 g/mol. The van der Waals surface area contributed by atoms with Crippen LogP contribution in [0.25, 0.3) is 11.5 Å². The smallest absolute Gasteiger partial charge is 0.413 e. The quantitative estimate of drug-likeness (QED) is 0.417. The van der Waals surface area contributed by atoms with Crippen LogP contribution in [0.2, 0.25) is 0 Å². The van der Waals surface area contributed by atoms with E-state index in [0.717, 1.165) is 0 Å². The van der Waals surface area contributed by atoms with Crippen LogP contribution in [0.15, 0.2) is 52.9 Å². The summed E-state index contributed by atoms with van der Waals surface area (Å²) < 4.78 is 68.0. The van der Waals surface area contributed by atoms with E-state index in [1.165, 1.54) is 46.2 Å². The highest BCUT2D eigenvalue weighted by atomic mass is 31.2. The fraction of sp³-hybridized carbons (Fsp3) is 0.286. The van der Waals surface area contributed by atoms with Gasteiger partial charge < -0.3 is 14.2 Å². The predicted octanol–water partition coefficient (Wildman–Crippen LogP) is 4.61. The molecule has 1 aliphatic rings. The van der Waals surface area contributed by atoms with E-state index in [0.29, 0.717) is 11.3 Å². The molecule has 180 valence electrons. The van der Waals surface area contributed by atoms with Crippen molar-refractivity contribution < 1.29 is 36.2 Å². The molecule has 0 unspecified atom stereocenters. The number of anilines is 1. The minimum Gasteiger partial charge on any atom is -0.413 e. The summed E-state index contributed by atoms with van der Waals surface area (Å²) in [5.41, 5.74) is 1.31. The molecule has 0 spiro atoms.